The van der Waals surface area contributed by atoms with Crippen LogP contribution in [0.2, 0.25) is 0 Å². The van der Waals surface area contributed by atoms with Crippen molar-refractivity contribution in [3.8, 4) is 0 Å². The number of fused-ring (bicyclic) bond motifs is 2. The van der Waals surface area contributed by atoms with E-state index in [0.717, 1.165) is 0 Å². The summed E-state index contributed by atoms with van der Waals surface area (Å²) in [6, 6.07) is 0. The summed E-state index contributed by atoms with van der Waals surface area (Å²) in [6.45, 7) is 21.7. The summed E-state index contributed by atoms with van der Waals surface area (Å²) in [6.07, 6.45) is -1.17. The second-order valence-corrected chi connectivity index (χ2v) is 11.0. The molecule has 2 bridgehead atoms. The number of alkyl halides is 1. The molecule has 218 valence electrons. The Morgan fingerprint density at radius 3 is 1.92 bits per heavy atom. The van der Waals surface area contributed by atoms with Crippen LogP contribution >= 0.6 is 0 Å². The SMILES string of the molecule is C.C.CC(C)OC[C@@]12CO[C@@H]([C@H](C)O1)[C@@H]2OC(C)C.CC(C)OC[C@H]1OC[C@@H](C)[C@H](F)[C@@H]1OC(C)C. The minimum atomic E-state index is -0.980. The third kappa shape index (κ3) is 9.75. The van der Waals surface area contributed by atoms with Crippen molar-refractivity contribution in [2.75, 3.05) is 26.4 Å². The molecule has 3 saturated heterocycles. The Morgan fingerprint density at radius 1 is 0.833 bits per heavy atom. The van der Waals surface area contributed by atoms with Crippen LogP contribution in [0.25, 0.3) is 0 Å². The summed E-state index contributed by atoms with van der Waals surface area (Å²) in [5.74, 6) is -0.117. The van der Waals surface area contributed by atoms with Gasteiger partial charge in [-0.25, -0.2) is 4.39 Å². The van der Waals surface area contributed by atoms with Crippen LogP contribution in [0.5, 0.6) is 0 Å². The van der Waals surface area contributed by atoms with E-state index in [1.165, 1.54) is 0 Å². The predicted molar refractivity (Wildman–Crippen MR) is 142 cm³/mol. The molecule has 8 atom stereocenters. The third-order valence-electron chi connectivity index (χ3n) is 6.12. The quantitative estimate of drug-likeness (QED) is 0.368. The highest BCUT2D eigenvalue weighted by Crippen LogP contribution is 2.42. The first-order valence-electron chi connectivity index (χ1n) is 13.0. The molecule has 3 aliphatic rings. The molecule has 3 fully saturated rings. The van der Waals surface area contributed by atoms with Gasteiger partial charge in [-0.15, -0.1) is 0 Å². The van der Waals surface area contributed by atoms with Crippen molar-refractivity contribution in [2.24, 2.45) is 5.92 Å². The molecule has 36 heavy (non-hydrogen) atoms. The first kappa shape index (κ1) is 35.6. The molecular weight excluding hydrogens is 467 g/mol. The number of rotatable bonds is 10. The standard InChI is InChI=1S/C13H25FO3.C13H24O4.2CH4/c1-8(2)15-7-11-13(17-9(3)4)12(14)10(5)6-16-11;1-8(2)14-6-13-7-15-11(10(5)17-13)12(13)16-9(3)4;;/h8-13H,6-7H2,1-5H3;8-12H,6-7H2,1-5H3;2*1H4/t10-,11-,12+,13-;10-,11-,12-,13-;;/m10../s1. The van der Waals surface area contributed by atoms with Crippen molar-refractivity contribution in [3.05, 3.63) is 0 Å². The Morgan fingerprint density at radius 2 is 1.42 bits per heavy atom. The van der Waals surface area contributed by atoms with Gasteiger partial charge in [0.05, 0.1) is 56.9 Å². The van der Waals surface area contributed by atoms with E-state index in [4.69, 9.17) is 33.2 Å². The summed E-state index contributed by atoms with van der Waals surface area (Å²) in [7, 11) is 0. The van der Waals surface area contributed by atoms with Gasteiger partial charge in [0.25, 0.3) is 0 Å². The van der Waals surface area contributed by atoms with Crippen LogP contribution < -0.4 is 0 Å². The lowest BCUT2D eigenvalue weighted by Crippen LogP contribution is -2.51. The molecule has 0 aromatic heterocycles. The summed E-state index contributed by atoms with van der Waals surface area (Å²) in [5, 5.41) is 0. The maximum Gasteiger partial charge on any atom is 0.144 e. The maximum atomic E-state index is 14.1. The molecule has 0 amide bonds. The van der Waals surface area contributed by atoms with Gasteiger partial charge in [-0.05, 0) is 62.3 Å². The molecule has 0 spiro atoms. The van der Waals surface area contributed by atoms with E-state index in [0.29, 0.717) is 26.4 Å². The molecule has 0 N–H and O–H groups in total. The predicted octanol–water partition coefficient (Wildman–Crippen LogP) is 5.61. The smallest absolute Gasteiger partial charge is 0.144 e. The molecule has 8 heteroatoms. The van der Waals surface area contributed by atoms with Crippen molar-refractivity contribution in [1.29, 1.82) is 0 Å². The van der Waals surface area contributed by atoms with Crippen molar-refractivity contribution in [1.82, 2.24) is 0 Å². The molecule has 3 heterocycles. The number of halogens is 1. The van der Waals surface area contributed by atoms with Gasteiger partial charge < -0.3 is 33.2 Å². The van der Waals surface area contributed by atoms with Crippen LogP contribution in [0.15, 0.2) is 0 Å². The van der Waals surface area contributed by atoms with Crippen LogP contribution in [-0.4, -0.2) is 93.1 Å². The molecule has 3 rings (SSSR count). The monoisotopic (exact) mass is 524 g/mol. The lowest BCUT2D eigenvalue weighted by Gasteiger charge is -2.38. The fourth-order valence-electron chi connectivity index (χ4n) is 4.48. The van der Waals surface area contributed by atoms with Crippen LogP contribution in [0.3, 0.4) is 0 Å². The third-order valence-corrected chi connectivity index (χ3v) is 6.12. The Bertz CT molecular complexity index is 588. The van der Waals surface area contributed by atoms with E-state index >= 15 is 0 Å². The summed E-state index contributed by atoms with van der Waals surface area (Å²) in [4.78, 5) is 0. The van der Waals surface area contributed by atoms with E-state index in [1.807, 2.05) is 69.2 Å². The van der Waals surface area contributed by atoms with E-state index in [1.54, 1.807) is 0 Å². The Kier molecular flexibility index (Phi) is 15.8. The van der Waals surface area contributed by atoms with Gasteiger partial charge in [-0.1, -0.05) is 21.8 Å². The van der Waals surface area contributed by atoms with Crippen LogP contribution in [0.4, 0.5) is 4.39 Å². The molecule has 3 aliphatic heterocycles. The van der Waals surface area contributed by atoms with Gasteiger partial charge in [-0.2, -0.15) is 0 Å². The van der Waals surface area contributed by atoms with E-state index in [9.17, 15) is 4.39 Å². The lowest BCUT2D eigenvalue weighted by atomic mass is 9.95. The molecular formula is C28H57FO7. The fraction of sp³-hybridized carbons (Fsp3) is 1.00. The largest absolute Gasteiger partial charge is 0.376 e. The Balaban J connectivity index is 0.000000645. The molecule has 0 aromatic rings. The zero-order chi connectivity index (χ0) is 25.6. The fourth-order valence-corrected chi connectivity index (χ4v) is 4.48. The van der Waals surface area contributed by atoms with Crippen LogP contribution in [-0.2, 0) is 33.2 Å². The molecule has 0 radical (unpaired) electrons. The molecule has 0 aliphatic carbocycles. The zero-order valence-electron chi connectivity index (χ0n) is 22.9. The summed E-state index contributed by atoms with van der Waals surface area (Å²) in [5.41, 5.74) is -0.404. The lowest BCUT2D eigenvalue weighted by molar-refractivity contribution is -0.191. The van der Waals surface area contributed by atoms with Crippen molar-refractivity contribution in [2.45, 2.75) is 151 Å². The number of hydrogen-bond donors (Lipinski definition) is 0. The van der Waals surface area contributed by atoms with Gasteiger partial charge in [0, 0.05) is 5.92 Å². The van der Waals surface area contributed by atoms with Gasteiger partial charge in [0.2, 0.25) is 0 Å². The second-order valence-electron chi connectivity index (χ2n) is 11.0. The van der Waals surface area contributed by atoms with Crippen LogP contribution in [0, 0.1) is 5.92 Å². The average molecular weight is 525 g/mol. The highest BCUT2D eigenvalue weighted by molar-refractivity contribution is 5.08. The molecule has 7 nitrogen and oxygen atoms in total. The van der Waals surface area contributed by atoms with Crippen molar-refractivity contribution >= 4 is 0 Å². The van der Waals surface area contributed by atoms with E-state index in [2.05, 4.69) is 0 Å². The highest BCUT2D eigenvalue weighted by atomic mass is 19.1. The maximum absolute atomic E-state index is 14.1. The zero-order valence-corrected chi connectivity index (χ0v) is 22.9. The minimum absolute atomic E-state index is 0. The van der Waals surface area contributed by atoms with Crippen molar-refractivity contribution < 1.29 is 37.5 Å². The normalized spacial score (nSPS) is 35.6. The van der Waals surface area contributed by atoms with Gasteiger partial charge in [-0.3, -0.25) is 0 Å². The summed E-state index contributed by atoms with van der Waals surface area (Å²) < 4.78 is 54.4. The van der Waals surface area contributed by atoms with Gasteiger partial charge in [0.15, 0.2) is 0 Å². The van der Waals surface area contributed by atoms with Gasteiger partial charge in [0.1, 0.15) is 36.2 Å². The number of hydrogen-bond acceptors (Lipinski definition) is 7. The molecule has 0 saturated carbocycles. The summed E-state index contributed by atoms with van der Waals surface area (Å²) >= 11 is 0. The van der Waals surface area contributed by atoms with Crippen LogP contribution in [0.1, 0.15) is 84.1 Å². The second kappa shape index (κ2) is 15.9. The minimum Gasteiger partial charge on any atom is -0.376 e. The molecule has 0 unspecified atom stereocenters. The average Bonchev–Trinajstić information content (AvgIpc) is 3.19. The highest BCUT2D eigenvalue weighted by Gasteiger charge is 2.61. The Labute approximate surface area is 221 Å². The van der Waals surface area contributed by atoms with Crippen molar-refractivity contribution in [3.63, 3.8) is 0 Å². The first-order chi connectivity index (χ1) is 15.9. The number of ether oxygens (including phenoxy) is 7. The molecule has 0 aromatic carbocycles. The van der Waals surface area contributed by atoms with E-state index in [-0.39, 0.29) is 69.6 Å². The Hall–Kier alpha value is -0.350. The first-order valence-corrected chi connectivity index (χ1v) is 13.0. The van der Waals surface area contributed by atoms with Gasteiger partial charge >= 0.3 is 0 Å². The topological polar surface area (TPSA) is 64.6 Å². The van der Waals surface area contributed by atoms with E-state index < -0.39 is 17.9 Å².